The van der Waals surface area contributed by atoms with Crippen molar-refractivity contribution in [1.82, 2.24) is 9.03 Å². The molecular formula is C7H17N3O2S2. The van der Waals surface area contributed by atoms with E-state index in [0.29, 0.717) is 24.5 Å². The molecule has 0 heterocycles. The molecule has 0 spiro atoms. The molecule has 0 aliphatic heterocycles. The average Bonchev–Trinajstić information content (AvgIpc) is 2.10. The van der Waals surface area contributed by atoms with E-state index in [1.807, 2.05) is 6.92 Å². The Kier molecular flexibility index (Phi) is 6.17. The number of nitrogens with zero attached hydrogens (tertiary/aromatic N) is 1. The number of nitrogens with one attached hydrogen (secondary N) is 1. The van der Waals surface area contributed by atoms with Crippen LogP contribution in [-0.4, -0.2) is 37.8 Å². The Bertz CT molecular complexity index is 277. The highest BCUT2D eigenvalue weighted by molar-refractivity contribution is 7.87. The molecule has 0 radical (unpaired) electrons. The Labute approximate surface area is 90.8 Å². The summed E-state index contributed by atoms with van der Waals surface area (Å²) in [5.74, 6) is 0. The minimum absolute atomic E-state index is 0.314. The van der Waals surface area contributed by atoms with Crippen LogP contribution in [0, 0.1) is 0 Å². The third-order valence-corrected chi connectivity index (χ3v) is 3.39. The molecule has 0 aliphatic carbocycles. The zero-order valence-electron chi connectivity index (χ0n) is 8.49. The van der Waals surface area contributed by atoms with Gasteiger partial charge in [0.1, 0.15) is 0 Å². The van der Waals surface area contributed by atoms with Crippen molar-refractivity contribution in [2.45, 2.75) is 19.8 Å². The summed E-state index contributed by atoms with van der Waals surface area (Å²) in [6, 6.07) is 0. The zero-order valence-corrected chi connectivity index (χ0v) is 10.1. The van der Waals surface area contributed by atoms with Gasteiger partial charge >= 0.3 is 0 Å². The molecule has 3 N–H and O–H groups in total. The van der Waals surface area contributed by atoms with Crippen molar-refractivity contribution >= 4 is 27.4 Å². The number of hydrogen-bond acceptors (Lipinski definition) is 3. The van der Waals surface area contributed by atoms with Crippen LogP contribution in [0.25, 0.3) is 0 Å². The van der Waals surface area contributed by atoms with Crippen molar-refractivity contribution in [1.29, 1.82) is 0 Å². The van der Waals surface area contributed by atoms with E-state index >= 15 is 0 Å². The average molecular weight is 239 g/mol. The van der Waals surface area contributed by atoms with E-state index in [0.717, 1.165) is 6.42 Å². The molecule has 14 heavy (non-hydrogen) atoms. The standard InChI is InChI=1S/C7H17N3O2S2/c1-3-5-9-14(11,12)10(2)6-4-7(8)13/h9H,3-6H2,1-2H3,(H2,8,13). The van der Waals surface area contributed by atoms with Crippen LogP contribution in [0.5, 0.6) is 0 Å². The van der Waals surface area contributed by atoms with E-state index < -0.39 is 10.2 Å². The molecule has 5 nitrogen and oxygen atoms in total. The maximum atomic E-state index is 11.4. The van der Waals surface area contributed by atoms with Gasteiger partial charge in [-0.15, -0.1) is 0 Å². The van der Waals surface area contributed by atoms with Gasteiger partial charge in [-0.05, 0) is 6.42 Å². The SMILES string of the molecule is CCCNS(=O)(=O)N(C)CCC(N)=S. The van der Waals surface area contributed by atoms with Crippen LogP contribution in [-0.2, 0) is 10.2 Å². The minimum atomic E-state index is -3.35. The topological polar surface area (TPSA) is 75.4 Å². The van der Waals surface area contributed by atoms with Crippen molar-refractivity contribution in [2.24, 2.45) is 5.73 Å². The summed E-state index contributed by atoms with van der Waals surface area (Å²) in [6.45, 7) is 2.66. The summed E-state index contributed by atoms with van der Waals surface area (Å²) in [5.41, 5.74) is 5.27. The number of rotatable bonds is 7. The van der Waals surface area contributed by atoms with Gasteiger partial charge in [-0.1, -0.05) is 19.1 Å². The largest absolute Gasteiger partial charge is 0.393 e. The van der Waals surface area contributed by atoms with Crippen LogP contribution < -0.4 is 10.5 Å². The van der Waals surface area contributed by atoms with Gasteiger partial charge in [0.15, 0.2) is 0 Å². The number of nitrogens with two attached hydrogens (primary N) is 1. The minimum Gasteiger partial charge on any atom is -0.393 e. The van der Waals surface area contributed by atoms with Crippen LogP contribution >= 0.6 is 12.2 Å². The van der Waals surface area contributed by atoms with Crippen LogP contribution in [0.15, 0.2) is 0 Å². The van der Waals surface area contributed by atoms with Crippen molar-refractivity contribution in [2.75, 3.05) is 20.1 Å². The Morgan fingerprint density at radius 1 is 1.57 bits per heavy atom. The molecule has 0 unspecified atom stereocenters. The Balaban J connectivity index is 4.08. The van der Waals surface area contributed by atoms with Crippen LogP contribution in [0.2, 0.25) is 0 Å². The predicted octanol–water partition coefficient (Wildman–Crippen LogP) is -0.161. The summed E-state index contributed by atoms with van der Waals surface area (Å²) in [5, 5.41) is 0. The Morgan fingerprint density at radius 3 is 2.57 bits per heavy atom. The molecule has 0 aromatic heterocycles. The van der Waals surface area contributed by atoms with E-state index in [1.165, 1.54) is 11.4 Å². The van der Waals surface area contributed by atoms with Gasteiger partial charge in [-0.3, -0.25) is 0 Å². The van der Waals surface area contributed by atoms with E-state index in [2.05, 4.69) is 16.9 Å². The molecule has 0 atom stereocenters. The van der Waals surface area contributed by atoms with Crippen molar-refractivity contribution in [3.05, 3.63) is 0 Å². The highest BCUT2D eigenvalue weighted by atomic mass is 32.2. The van der Waals surface area contributed by atoms with Crippen LogP contribution in [0.3, 0.4) is 0 Å². The molecule has 0 bridgehead atoms. The van der Waals surface area contributed by atoms with E-state index in [4.69, 9.17) is 5.73 Å². The second kappa shape index (κ2) is 6.28. The first-order chi connectivity index (χ1) is 6.40. The van der Waals surface area contributed by atoms with Gasteiger partial charge in [0.25, 0.3) is 10.2 Å². The van der Waals surface area contributed by atoms with Crippen molar-refractivity contribution in [3.8, 4) is 0 Å². The highest BCUT2D eigenvalue weighted by Gasteiger charge is 2.15. The summed E-state index contributed by atoms with van der Waals surface area (Å²) < 4.78 is 26.5. The number of thiocarbonyl (C=S) groups is 1. The zero-order chi connectivity index (χ0) is 11.2. The van der Waals surface area contributed by atoms with Gasteiger partial charge in [0.2, 0.25) is 0 Å². The normalized spacial score (nSPS) is 11.9. The molecule has 7 heteroatoms. The molecule has 0 aromatic carbocycles. The summed E-state index contributed by atoms with van der Waals surface area (Å²) in [4.78, 5) is 0.322. The molecule has 0 fully saturated rings. The summed E-state index contributed by atoms with van der Waals surface area (Å²) in [7, 11) is -1.85. The molecule has 0 aliphatic rings. The summed E-state index contributed by atoms with van der Waals surface area (Å²) >= 11 is 4.66. The first-order valence-corrected chi connectivity index (χ1v) is 6.24. The lowest BCUT2D eigenvalue weighted by Gasteiger charge is -2.16. The van der Waals surface area contributed by atoms with Gasteiger partial charge < -0.3 is 5.73 Å². The Morgan fingerprint density at radius 2 is 2.14 bits per heavy atom. The number of hydrogen-bond donors (Lipinski definition) is 2. The maximum Gasteiger partial charge on any atom is 0.279 e. The molecular weight excluding hydrogens is 222 g/mol. The highest BCUT2D eigenvalue weighted by Crippen LogP contribution is 1.95. The second-order valence-electron chi connectivity index (χ2n) is 2.94. The fraction of sp³-hybridized carbons (Fsp3) is 0.857. The Hall–Kier alpha value is -0.240. The van der Waals surface area contributed by atoms with E-state index in [-0.39, 0.29) is 0 Å². The lowest BCUT2D eigenvalue weighted by atomic mass is 10.4. The lowest BCUT2D eigenvalue weighted by Crippen LogP contribution is -2.39. The lowest BCUT2D eigenvalue weighted by molar-refractivity contribution is 0.466. The van der Waals surface area contributed by atoms with Gasteiger partial charge in [-0.25, -0.2) is 4.72 Å². The van der Waals surface area contributed by atoms with Crippen LogP contribution in [0.4, 0.5) is 0 Å². The first kappa shape index (κ1) is 13.8. The third-order valence-electron chi connectivity index (χ3n) is 1.62. The fourth-order valence-electron chi connectivity index (χ4n) is 0.729. The van der Waals surface area contributed by atoms with E-state index in [9.17, 15) is 8.42 Å². The smallest absolute Gasteiger partial charge is 0.279 e. The second-order valence-corrected chi connectivity index (χ2v) is 5.32. The molecule has 0 aromatic rings. The predicted molar refractivity (Wildman–Crippen MR) is 61.2 cm³/mol. The molecule has 0 rings (SSSR count). The fourth-order valence-corrected chi connectivity index (χ4v) is 1.83. The van der Waals surface area contributed by atoms with Gasteiger partial charge in [0.05, 0.1) is 4.99 Å². The van der Waals surface area contributed by atoms with E-state index in [1.54, 1.807) is 0 Å². The molecule has 0 amide bonds. The quantitative estimate of drug-likeness (QED) is 0.605. The monoisotopic (exact) mass is 239 g/mol. The van der Waals surface area contributed by atoms with Crippen LogP contribution in [0.1, 0.15) is 19.8 Å². The molecule has 84 valence electrons. The molecule has 0 saturated carbocycles. The maximum absolute atomic E-state index is 11.4. The van der Waals surface area contributed by atoms with Gasteiger partial charge in [-0.2, -0.15) is 12.7 Å². The van der Waals surface area contributed by atoms with Gasteiger partial charge in [0, 0.05) is 26.6 Å². The van der Waals surface area contributed by atoms with Crippen molar-refractivity contribution < 1.29 is 8.42 Å². The summed E-state index contributed by atoms with van der Waals surface area (Å²) in [6.07, 6.45) is 1.17. The first-order valence-electron chi connectivity index (χ1n) is 4.39. The van der Waals surface area contributed by atoms with Crippen molar-refractivity contribution in [3.63, 3.8) is 0 Å². The molecule has 0 saturated heterocycles. The third kappa shape index (κ3) is 5.48.